The Balaban J connectivity index is 2.11. The zero-order chi connectivity index (χ0) is 20.1. The van der Waals surface area contributed by atoms with Gasteiger partial charge in [-0.3, -0.25) is 9.89 Å². The number of likely N-dealkylation sites (N-methyl/N-ethyl adjacent to an activating group) is 1. The summed E-state index contributed by atoms with van der Waals surface area (Å²) in [6.45, 7) is 7.33. The summed E-state index contributed by atoms with van der Waals surface area (Å²) >= 11 is 0. The number of nitrogens with one attached hydrogen (secondary N) is 1. The normalized spacial score (nSPS) is 20.1. The molecule has 0 radical (unpaired) electrons. The van der Waals surface area contributed by atoms with Crippen LogP contribution >= 0.6 is 0 Å². The lowest BCUT2D eigenvalue weighted by Gasteiger charge is -2.16. The topological polar surface area (TPSA) is 97.1 Å². The first-order valence-electron chi connectivity index (χ1n) is 8.87. The molecule has 0 aromatic carbocycles. The number of allylic oxidation sites excluding steroid dienone is 5. The lowest BCUT2D eigenvalue weighted by Crippen LogP contribution is -2.14. The first-order valence-corrected chi connectivity index (χ1v) is 8.87. The number of carbonyl (C=O) groups is 1. The first-order chi connectivity index (χ1) is 13.5. The van der Waals surface area contributed by atoms with Gasteiger partial charge in [0.1, 0.15) is 18.1 Å². The fourth-order valence-electron chi connectivity index (χ4n) is 2.84. The minimum Gasteiger partial charge on any atom is -0.490 e. The number of rotatable bonds is 5. The maximum Gasteiger partial charge on any atom is 0.267 e. The number of pyridine rings is 1. The van der Waals surface area contributed by atoms with Crippen molar-refractivity contribution in [1.29, 1.82) is 0 Å². The largest absolute Gasteiger partial charge is 0.490 e. The predicted octanol–water partition coefficient (Wildman–Crippen LogP) is 2.93. The highest BCUT2D eigenvalue weighted by Crippen LogP contribution is 2.31. The summed E-state index contributed by atoms with van der Waals surface area (Å²) in [5.74, 6) is 0.102. The monoisotopic (exact) mass is 377 g/mol. The van der Waals surface area contributed by atoms with Crippen molar-refractivity contribution in [2.45, 2.75) is 6.92 Å². The van der Waals surface area contributed by atoms with Crippen LogP contribution in [0.15, 0.2) is 66.8 Å². The summed E-state index contributed by atoms with van der Waals surface area (Å²) in [5, 5.41) is 7.64. The van der Waals surface area contributed by atoms with Crippen molar-refractivity contribution in [3.8, 4) is 0 Å². The Hall–Kier alpha value is -3.61. The number of amides is 1. The molecular weight excluding hydrogens is 354 g/mol. The van der Waals surface area contributed by atoms with E-state index in [2.05, 4.69) is 21.8 Å². The number of aromatic nitrogens is 3. The van der Waals surface area contributed by atoms with Crippen LogP contribution < -0.4 is 5.73 Å². The predicted molar refractivity (Wildman–Crippen MR) is 110 cm³/mol. The zero-order valence-corrected chi connectivity index (χ0v) is 16.0. The molecule has 1 amide bonds. The molecule has 144 valence electrons. The molecule has 7 nitrogen and oxygen atoms in total. The highest BCUT2D eigenvalue weighted by molar-refractivity contribution is 6.00. The summed E-state index contributed by atoms with van der Waals surface area (Å²) < 4.78 is 5.81. The van der Waals surface area contributed by atoms with Gasteiger partial charge in [0.15, 0.2) is 5.65 Å². The van der Waals surface area contributed by atoms with Gasteiger partial charge in [-0.05, 0) is 36.3 Å². The van der Waals surface area contributed by atoms with Gasteiger partial charge >= 0.3 is 0 Å². The fraction of sp³-hybridized carbons (Fsp3) is 0.190. The second-order valence-corrected chi connectivity index (χ2v) is 6.39. The number of ether oxygens (including phenoxy) is 1. The maximum atomic E-state index is 11.7. The molecule has 3 rings (SSSR count). The van der Waals surface area contributed by atoms with Crippen molar-refractivity contribution in [2.24, 2.45) is 5.73 Å². The van der Waals surface area contributed by atoms with Gasteiger partial charge in [-0.2, -0.15) is 5.10 Å². The molecule has 0 unspecified atom stereocenters. The molecule has 28 heavy (non-hydrogen) atoms. The highest BCUT2D eigenvalue weighted by Gasteiger charge is 2.17. The van der Waals surface area contributed by atoms with Gasteiger partial charge in [0.2, 0.25) is 0 Å². The van der Waals surface area contributed by atoms with Crippen LogP contribution in [-0.2, 0) is 4.74 Å². The summed E-state index contributed by atoms with van der Waals surface area (Å²) in [5.41, 5.74) is 8.46. The lowest BCUT2D eigenvalue weighted by atomic mass is 9.96. The molecule has 2 aromatic heterocycles. The standard InChI is InChI=1S/C21H23N5O2/c1-4-5-9-28-15-7-6-8-26(3)13-18(14(2)10-15)16-11-19(20(22)27)24-21-17(16)12-23-25-21/h4-7,10-13H,2,8-9H2,1,3H3,(H2,22,27)(H,23,24,25)/b5-4+,7-6-,15-10+,18-13+. The average molecular weight is 377 g/mol. The van der Waals surface area contributed by atoms with E-state index in [0.717, 1.165) is 22.1 Å². The molecule has 1 aliphatic rings. The number of carbonyl (C=O) groups excluding carboxylic acids is 1. The van der Waals surface area contributed by atoms with Crippen molar-refractivity contribution in [1.82, 2.24) is 20.1 Å². The third kappa shape index (κ3) is 4.20. The lowest BCUT2D eigenvalue weighted by molar-refractivity contribution is 0.0996. The Labute approximate surface area is 163 Å². The second-order valence-electron chi connectivity index (χ2n) is 6.39. The Morgan fingerprint density at radius 3 is 3.07 bits per heavy atom. The quantitative estimate of drug-likeness (QED) is 0.781. The molecule has 7 heteroatoms. The van der Waals surface area contributed by atoms with Crippen molar-refractivity contribution >= 4 is 22.5 Å². The smallest absolute Gasteiger partial charge is 0.267 e. The van der Waals surface area contributed by atoms with Gasteiger partial charge in [0, 0.05) is 30.8 Å². The molecule has 2 aromatic rings. The van der Waals surface area contributed by atoms with Crippen LogP contribution in [0.4, 0.5) is 0 Å². The van der Waals surface area contributed by atoms with E-state index in [9.17, 15) is 4.79 Å². The van der Waals surface area contributed by atoms with Crippen LogP contribution in [0.2, 0.25) is 0 Å². The van der Waals surface area contributed by atoms with Crippen LogP contribution in [0.25, 0.3) is 16.6 Å². The fourth-order valence-corrected chi connectivity index (χ4v) is 2.84. The van der Waals surface area contributed by atoms with E-state index in [-0.39, 0.29) is 5.69 Å². The summed E-state index contributed by atoms with van der Waals surface area (Å²) in [7, 11) is 1.96. The molecule has 3 heterocycles. The molecule has 3 N–H and O–H groups in total. The number of nitrogens with two attached hydrogens (primary N) is 1. The molecule has 0 saturated carbocycles. The van der Waals surface area contributed by atoms with Crippen LogP contribution in [-0.4, -0.2) is 46.2 Å². The van der Waals surface area contributed by atoms with Crippen molar-refractivity contribution in [2.75, 3.05) is 20.2 Å². The van der Waals surface area contributed by atoms with Gasteiger partial charge in [0.05, 0.1) is 6.20 Å². The molecular formula is C21H23N5O2. The van der Waals surface area contributed by atoms with E-state index in [4.69, 9.17) is 10.5 Å². The van der Waals surface area contributed by atoms with E-state index in [0.29, 0.717) is 24.6 Å². The number of H-pyrrole nitrogens is 1. The van der Waals surface area contributed by atoms with E-state index in [1.807, 2.05) is 55.5 Å². The van der Waals surface area contributed by atoms with Crippen molar-refractivity contribution in [3.63, 3.8) is 0 Å². The average Bonchev–Trinajstić information content (AvgIpc) is 3.15. The Bertz CT molecular complexity index is 1030. The molecule has 0 bridgehead atoms. The first kappa shape index (κ1) is 19.2. The van der Waals surface area contributed by atoms with Gasteiger partial charge in [-0.15, -0.1) is 0 Å². The van der Waals surface area contributed by atoms with E-state index < -0.39 is 5.91 Å². The molecule has 1 aliphatic heterocycles. The highest BCUT2D eigenvalue weighted by atomic mass is 16.5. The third-order valence-electron chi connectivity index (χ3n) is 4.23. The van der Waals surface area contributed by atoms with E-state index >= 15 is 0 Å². The van der Waals surface area contributed by atoms with Crippen molar-refractivity contribution in [3.05, 3.63) is 78.0 Å². The Morgan fingerprint density at radius 2 is 2.32 bits per heavy atom. The number of hydrogen-bond donors (Lipinski definition) is 2. The van der Waals surface area contributed by atoms with Crippen LogP contribution in [0.3, 0.4) is 0 Å². The van der Waals surface area contributed by atoms with Crippen LogP contribution in [0.5, 0.6) is 0 Å². The summed E-state index contributed by atoms with van der Waals surface area (Å²) in [6.07, 6.45) is 13.3. The van der Waals surface area contributed by atoms with Crippen LogP contribution in [0.1, 0.15) is 23.0 Å². The Morgan fingerprint density at radius 1 is 1.50 bits per heavy atom. The second kappa shape index (κ2) is 8.39. The molecule has 0 saturated heterocycles. The number of fused-ring (bicyclic) bond motifs is 1. The van der Waals surface area contributed by atoms with Crippen molar-refractivity contribution < 1.29 is 9.53 Å². The number of nitrogens with zero attached hydrogens (tertiary/aromatic N) is 3. The molecule has 0 spiro atoms. The van der Waals surface area contributed by atoms with Gasteiger partial charge in [0.25, 0.3) is 5.91 Å². The maximum absolute atomic E-state index is 11.7. The molecule has 0 fully saturated rings. The number of hydrogen-bond acceptors (Lipinski definition) is 5. The third-order valence-corrected chi connectivity index (χ3v) is 4.23. The van der Waals surface area contributed by atoms with Gasteiger partial charge < -0.3 is 15.4 Å². The Kier molecular flexibility index (Phi) is 5.74. The zero-order valence-electron chi connectivity index (χ0n) is 16.0. The summed E-state index contributed by atoms with van der Waals surface area (Å²) in [6, 6.07) is 1.67. The minimum absolute atomic E-state index is 0.162. The number of aromatic amines is 1. The van der Waals surface area contributed by atoms with E-state index in [1.54, 1.807) is 12.3 Å². The van der Waals surface area contributed by atoms with E-state index in [1.165, 1.54) is 0 Å². The minimum atomic E-state index is -0.604. The van der Waals surface area contributed by atoms with Gasteiger partial charge in [-0.1, -0.05) is 24.8 Å². The SMILES string of the molecule is C=C1/C=C(OC/C=C/C)\C=C/CN(C)/C=C\1c1cc(C(N)=O)nc2[nH]ncc12. The number of primary amides is 1. The van der Waals surface area contributed by atoms with Crippen LogP contribution in [0, 0.1) is 0 Å². The van der Waals surface area contributed by atoms with Gasteiger partial charge in [-0.25, -0.2) is 4.98 Å². The molecule has 0 aliphatic carbocycles. The summed E-state index contributed by atoms with van der Waals surface area (Å²) in [4.78, 5) is 18.0. The molecule has 0 atom stereocenters.